The van der Waals surface area contributed by atoms with E-state index in [0.29, 0.717) is 25.3 Å². The minimum atomic E-state index is -4.99. The summed E-state index contributed by atoms with van der Waals surface area (Å²) in [5.74, 6) is -1.58. The van der Waals surface area contributed by atoms with E-state index in [2.05, 4.69) is 20.2 Å². The Hall–Kier alpha value is -3.23. The molecular formula is C29H28ClF5N6O3. The van der Waals surface area contributed by atoms with E-state index >= 15 is 4.39 Å². The van der Waals surface area contributed by atoms with Gasteiger partial charge < -0.3 is 24.8 Å². The standard InChI is InChI=1S/C29H28ClF5N6O3/c30-17-7-15(42)6-16(21(17)29(33,34)35)23-22(32)24-20-25(41-10-14-2-3-18(36-14)19(41)11-43-26(20)37-23)39-27(38-24)44-12-28-4-1-5-40(28)9-13(31)8-28/h6-7,13-14,18-19,36,42H,1-5,8-12H2/t13-,14-,18+,19-,28+/m1/s1. The van der Waals surface area contributed by atoms with E-state index in [1.165, 1.54) is 0 Å². The highest BCUT2D eigenvalue weighted by Gasteiger charge is 2.50. The molecule has 1 aromatic carbocycles. The Bertz CT molecular complexity index is 1680. The molecule has 0 spiro atoms. The molecule has 234 valence electrons. The monoisotopic (exact) mass is 638 g/mol. The predicted molar refractivity (Wildman–Crippen MR) is 150 cm³/mol. The number of benzene rings is 1. The van der Waals surface area contributed by atoms with Crippen molar-refractivity contribution in [2.75, 3.05) is 37.7 Å². The summed E-state index contributed by atoms with van der Waals surface area (Å²) in [7, 11) is 0. The maximum Gasteiger partial charge on any atom is 0.418 e. The Balaban J connectivity index is 1.31. The van der Waals surface area contributed by atoms with Gasteiger partial charge in [-0.15, -0.1) is 0 Å². The average molecular weight is 639 g/mol. The lowest BCUT2D eigenvalue weighted by Crippen LogP contribution is -2.60. The van der Waals surface area contributed by atoms with Crippen molar-refractivity contribution in [2.24, 2.45) is 0 Å². The SMILES string of the molecule is Oc1cc(Cl)c(C(F)(F)F)c(-c2nc3c4c(nc(OC[C@@]56CCCN5C[C@H](F)C6)nc4c2F)N2C[C@H]4CC[C@H](N4)[C@H]2CO3)c1. The number of alkyl halides is 4. The summed E-state index contributed by atoms with van der Waals surface area (Å²) in [5.41, 5.74) is -3.70. The highest BCUT2D eigenvalue weighted by Crippen LogP contribution is 2.48. The van der Waals surface area contributed by atoms with Crippen LogP contribution in [0.15, 0.2) is 12.1 Å². The molecule has 2 N–H and O–H groups in total. The van der Waals surface area contributed by atoms with E-state index in [4.69, 9.17) is 26.1 Å². The second kappa shape index (κ2) is 9.88. The van der Waals surface area contributed by atoms with Crippen LogP contribution in [0.5, 0.6) is 17.6 Å². The smallest absolute Gasteiger partial charge is 0.418 e. The quantitative estimate of drug-likeness (QED) is 0.388. The van der Waals surface area contributed by atoms with Crippen molar-refractivity contribution in [1.29, 1.82) is 0 Å². The zero-order valence-electron chi connectivity index (χ0n) is 23.3. The molecule has 0 amide bonds. The second-order valence-corrected chi connectivity index (χ2v) is 12.8. The number of anilines is 1. The number of nitrogens with zero attached hydrogens (tertiary/aromatic N) is 5. The molecule has 4 saturated heterocycles. The largest absolute Gasteiger partial charge is 0.508 e. The Labute approximate surface area is 253 Å². The van der Waals surface area contributed by atoms with Gasteiger partial charge in [-0.3, -0.25) is 4.90 Å². The zero-order valence-corrected chi connectivity index (χ0v) is 24.1. The molecule has 15 heteroatoms. The molecule has 44 heavy (non-hydrogen) atoms. The first-order valence-corrected chi connectivity index (χ1v) is 15.1. The number of nitrogens with one attached hydrogen (secondary N) is 1. The van der Waals surface area contributed by atoms with E-state index in [0.717, 1.165) is 44.4 Å². The number of ether oxygens (including phenoxy) is 2. The van der Waals surface area contributed by atoms with Crippen molar-refractivity contribution in [1.82, 2.24) is 25.2 Å². The summed E-state index contributed by atoms with van der Waals surface area (Å²) in [5, 5.41) is 13.0. The third kappa shape index (κ3) is 4.35. The lowest BCUT2D eigenvalue weighted by Gasteiger charge is -2.40. The van der Waals surface area contributed by atoms with Crippen molar-refractivity contribution in [2.45, 2.75) is 68.1 Å². The van der Waals surface area contributed by atoms with Gasteiger partial charge in [0, 0.05) is 37.2 Å². The van der Waals surface area contributed by atoms with Gasteiger partial charge in [0.1, 0.15) is 47.5 Å². The fourth-order valence-electron chi connectivity index (χ4n) is 7.88. The molecular weight excluding hydrogens is 611 g/mol. The Morgan fingerprint density at radius 3 is 2.84 bits per heavy atom. The van der Waals surface area contributed by atoms with E-state index in [1.807, 2.05) is 4.90 Å². The topological polar surface area (TPSA) is 95.9 Å². The number of phenolic OH excluding ortho intramolecular Hbond substituents is 1. The van der Waals surface area contributed by atoms with Gasteiger partial charge in [-0.25, -0.2) is 13.8 Å². The van der Waals surface area contributed by atoms with Crippen molar-refractivity contribution in [3.63, 3.8) is 0 Å². The fourth-order valence-corrected chi connectivity index (χ4v) is 8.20. The average Bonchev–Trinajstić information content (AvgIpc) is 3.59. The molecule has 2 bridgehead atoms. The minimum Gasteiger partial charge on any atom is -0.508 e. The molecule has 5 aliphatic heterocycles. The Kier molecular flexibility index (Phi) is 6.35. The number of pyridine rings is 1. The van der Waals surface area contributed by atoms with E-state index < -0.39 is 51.3 Å². The number of hydrogen-bond donors (Lipinski definition) is 2. The molecule has 7 heterocycles. The van der Waals surface area contributed by atoms with Crippen LogP contribution < -0.4 is 19.7 Å². The normalized spacial score (nSPS) is 29.5. The van der Waals surface area contributed by atoms with Crippen molar-refractivity contribution in [3.05, 3.63) is 28.5 Å². The number of hydrogen-bond acceptors (Lipinski definition) is 9. The Morgan fingerprint density at radius 2 is 2.02 bits per heavy atom. The summed E-state index contributed by atoms with van der Waals surface area (Å²) >= 11 is 5.93. The van der Waals surface area contributed by atoms with Gasteiger partial charge in [-0.2, -0.15) is 23.1 Å². The summed E-state index contributed by atoms with van der Waals surface area (Å²) in [6.45, 7) is 1.80. The first-order valence-electron chi connectivity index (χ1n) is 14.7. The summed E-state index contributed by atoms with van der Waals surface area (Å²) in [4.78, 5) is 17.4. The van der Waals surface area contributed by atoms with Crippen LogP contribution in [-0.2, 0) is 6.18 Å². The van der Waals surface area contributed by atoms with Crippen LogP contribution in [0.1, 0.15) is 37.7 Å². The van der Waals surface area contributed by atoms with E-state index in [9.17, 15) is 22.7 Å². The molecule has 3 aromatic rings. The number of phenols is 1. The zero-order chi connectivity index (χ0) is 30.5. The van der Waals surface area contributed by atoms with Gasteiger partial charge in [0.05, 0.1) is 22.2 Å². The molecule has 4 fully saturated rings. The minimum absolute atomic E-state index is 0.0504. The van der Waals surface area contributed by atoms with Crippen LogP contribution in [0.2, 0.25) is 5.02 Å². The van der Waals surface area contributed by atoms with E-state index in [1.54, 1.807) is 0 Å². The predicted octanol–water partition coefficient (Wildman–Crippen LogP) is 4.87. The molecule has 0 unspecified atom stereocenters. The number of aromatic hydroxyl groups is 1. The maximum atomic E-state index is 16.6. The van der Waals surface area contributed by atoms with Gasteiger partial charge in [0.15, 0.2) is 5.82 Å². The van der Waals surface area contributed by atoms with Gasteiger partial charge in [-0.1, -0.05) is 11.6 Å². The van der Waals surface area contributed by atoms with Gasteiger partial charge in [0.2, 0.25) is 5.88 Å². The van der Waals surface area contributed by atoms with Gasteiger partial charge in [-0.05, 0) is 44.4 Å². The summed E-state index contributed by atoms with van der Waals surface area (Å²) in [6, 6.07) is 1.33. The first kappa shape index (κ1) is 28.3. The van der Waals surface area contributed by atoms with Gasteiger partial charge in [0.25, 0.3) is 0 Å². The molecule has 0 aliphatic carbocycles. The lowest BCUT2D eigenvalue weighted by molar-refractivity contribution is -0.137. The number of aromatic nitrogens is 3. The Morgan fingerprint density at radius 1 is 1.18 bits per heavy atom. The highest BCUT2D eigenvalue weighted by molar-refractivity contribution is 6.32. The van der Waals surface area contributed by atoms with Crippen LogP contribution in [0.25, 0.3) is 22.2 Å². The van der Waals surface area contributed by atoms with Crippen LogP contribution in [0.4, 0.5) is 27.8 Å². The number of fused-ring (bicyclic) bond motifs is 6. The van der Waals surface area contributed by atoms with Crippen molar-refractivity contribution in [3.8, 4) is 28.9 Å². The number of piperazine rings is 1. The first-order chi connectivity index (χ1) is 21.0. The number of rotatable bonds is 4. The van der Waals surface area contributed by atoms with E-state index in [-0.39, 0.29) is 54.1 Å². The van der Waals surface area contributed by atoms with Crippen molar-refractivity contribution >= 4 is 28.3 Å². The third-order valence-electron chi connectivity index (χ3n) is 9.78. The molecule has 5 aliphatic rings. The molecule has 0 saturated carbocycles. The second-order valence-electron chi connectivity index (χ2n) is 12.4. The lowest BCUT2D eigenvalue weighted by atomic mass is 9.95. The highest BCUT2D eigenvalue weighted by atomic mass is 35.5. The number of halogens is 6. The van der Waals surface area contributed by atoms with Crippen LogP contribution in [0.3, 0.4) is 0 Å². The fraction of sp³-hybridized carbons (Fsp3) is 0.552. The molecule has 0 radical (unpaired) electrons. The summed E-state index contributed by atoms with van der Waals surface area (Å²) in [6.07, 6.45) is -2.22. The molecule has 5 atom stereocenters. The molecule has 2 aromatic heterocycles. The third-order valence-corrected chi connectivity index (χ3v) is 10.1. The van der Waals surface area contributed by atoms with Crippen molar-refractivity contribution < 1.29 is 36.5 Å². The summed E-state index contributed by atoms with van der Waals surface area (Å²) < 4.78 is 85.8. The van der Waals surface area contributed by atoms with Crippen LogP contribution in [0, 0.1) is 5.82 Å². The molecule has 9 nitrogen and oxygen atoms in total. The van der Waals surface area contributed by atoms with Crippen LogP contribution >= 0.6 is 11.6 Å². The van der Waals surface area contributed by atoms with Gasteiger partial charge >= 0.3 is 12.2 Å². The molecule has 8 rings (SSSR count). The van der Waals surface area contributed by atoms with Crippen LogP contribution in [-0.4, -0.2) is 87.6 Å². The maximum absolute atomic E-state index is 16.6.